The van der Waals surface area contributed by atoms with E-state index in [-0.39, 0.29) is 0 Å². The van der Waals surface area contributed by atoms with Crippen LogP contribution in [0.5, 0.6) is 0 Å². The van der Waals surface area contributed by atoms with Crippen LogP contribution in [0.4, 0.5) is 5.69 Å². The molecule has 1 amide bonds. The lowest BCUT2D eigenvalue weighted by Crippen LogP contribution is -2.42. The van der Waals surface area contributed by atoms with E-state index in [0.717, 1.165) is 44.7 Å². The molecule has 24 heavy (non-hydrogen) atoms. The summed E-state index contributed by atoms with van der Waals surface area (Å²) < 4.78 is 0. The van der Waals surface area contributed by atoms with Gasteiger partial charge in [-0.3, -0.25) is 4.79 Å². The average Bonchev–Trinajstić information content (AvgIpc) is 3.06. The second-order valence-corrected chi connectivity index (χ2v) is 7.86. The Bertz CT molecular complexity index is 535. The maximum Gasteiger partial charge on any atom is 0.222 e. The van der Waals surface area contributed by atoms with Crippen LogP contribution < -0.4 is 5.32 Å². The lowest BCUT2D eigenvalue weighted by molar-refractivity contribution is -0.132. The molecule has 0 spiro atoms. The number of carbonyl (C=O) groups excluding carboxylic acids is 1. The average molecular weight is 329 g/mol. The van der Waals surface area contributed by atoms with Gasteiger partial charge in [-0.2, -0.15) is 0 Å². The molecule has 1 saturated carbocycles. The normalized spacial score (nSPS) is 19.7. The monoisotopic (exact) mass is 328 g/mol. The lowest BCUT2D eigenvalue weighted by atomic mass is 10.00. The van der Waals surface area contributed by atoms with E-state index in [1.807, 2.05) is 0 Å². The van der Waals surface area contributed by atoms with E-state index in [4.69, 9.17) is 0 Å². The van der Waals surface area contributed by atoms with Crippen molar-refractivity contribution in [3.63, 3.8) is 0 Å². The van der Waals surface area contributed by atoms with Crippen LogP contribution in [0.1, 0.15) is 62.5 Å². The van der Waals surface area contributed by atoms with Gasteiger partial charge in [0.05, 0.1) is 0 Å². The van der Waals surface area contributed by atoms with E-state index in [0.29, 0.717) is 11.9 Å². The van der Waals surface area contributed by atoms with Crippen molar-refractivity contribution in [1.29, 1.82) is 0 Å². The van der Waals surface area contributed by atoms with Crippen LogP contribution in [0.3, 0.4) is 0 Å². The van der Waals surface area contributed by atoms with Gasteiger partial charge in [0.1, 0.15) is 0 Å². The highest BCUT2D eigenvalue weighted by molar-refractivity contribution is 5.76. The molecule has 0 bridgehead atoms. The van der Waals surface area contributed by atoms with Crippen molar-refractivity contribution in [1.82, 2.24) is 4.90 Å². The van der Waals surface area contributed by atoms with E-state index >= 15 is 0 Å². The van der Waals surface area contributed by atoms with Crippen LogP contribution in [-0.2, 0) is 4.79 Å². The lowest BCUT2D eigenvalue weighted by Gasteiger charge is -2.33. The van der Waals surface area contributed by atoms with Crippen LogP contribution in [0, 0.1) is 19.8 Å². The number of nitrogens with zero attached hydrogens (tertiary/aromatic N) is 1. The molecule has 1 aliphatic heterocycles. The summed E-state index contributed by atoms with van der Waals surface area (Å²) >= 11 is 0. The number of hydrogen-bond acceptors (Lipinski definition) is 2. The fourth-order valence-electron chi connectivity index (χ4n) is 4.35. The third kappa shape index (κ3) is 4.75. The van der Waals surface area contributed by atoms with Crippen molar-refractivity contribution >= 4 is 11.6 Å². The zero-order chi connectivity index (χ0) is 16.9. The highest BCUT2D eigenvalue weighted by atomic mass is 16.2. The molecule has 132 valence electrons. The number of likely N-dealkylation sites (tertiary alicyclic amines) is 1. The van der Waals surface area contributed by atoms with Gasteiger partial charge in [0.15, 0.2) is 0 Å². The first kappa shape index (κ1) is 17.3. The molecule has 1 heterocycles. The molecule has 0 unspecified atom stereocenters. The number of carbonyl (C=O) groups is 1. The molecule has 3 nitrogen and oxygen atoms in total. The van der Waals surface area contributed by atoms with E-state index in [9.17, 15) is 4.79 Å². The highest BCUT2D eigenvalue weighted by Crippen LogP contribution is 2.29. The largest absolute Gasteiger partial charge is 0.382 e. The van der Waals surface area contributed by atoms with Crippen LogP contribution in [0.25, 0.3) is 0 Å². The minimum atomic E-state index is 0.381. The number of anilines is 1. The molecule has 1 aliphatic carbocycles. The third-order valence-electron chi connectivity index (χ3n) is 5.68. The summed E-state index contributed by atoms with van der Waals surface area (Å²) in [6.45, 7) is 6.10. The number of rotatable bonds is 5. The number of piperidine rings is 1. The Morgan fingerprint density at radius 3 is 2.29 bits per heavy atom. The molecule has 1 aromatic carbocycles. The van der Waals surface area contributed by atoms with Gasteiger partial charge in [-0.25, -0.2) is 0 Å². The van der Waals surface area contributed by atoms with E-state index < -0.39 is 0 Å². The van der Waals surface area contributed by atoms with Gasteiger partial charge >= 0.3 is 0 Å². The van der Waals surface area contributed by atoms with Gasteiger partial charge in [0.2, 0.25) is 5.91 Å². The van der Waals surface area contributed by atoms with Gasteiger partial charge in [-0.05, 0) is 62.3 Å². The van der Waals surface area contributed by atoms with E-state index in [1.54, 1.807) is 0 Å². The van der Waals surface area contributed by atoms with Crippen molar-refractivity contribution in [2.75, 3.05) is 18.4 Å². The molecule has 1 N–H and O–H groups in total. The predicted molar refractivity (Wildman–Crippen MR) is 100 cm³/mol. The Morgan fingerprint density at radius 2 is 1.67 bits per heavy atom. The standard InChI is InChI=1S/C21H32N2O/c1-16-13-17(2)15-20(14-16)22-19-9-11-23(12-10-19)21(24)8-7-18-5-3-4-6-18/h13-15,18-19,22H,3-12H2,1-2H3. The molecular weight excluding hydrogens is 296 g/mol. The van der Waals surface area contributed by atoms with Crippen molar-refractivity contribution in [3.05, 3.63) is 29.3 Å². The minimum Gasteiger partial charge on any atom is -0.382 e. The maximum absolute atomic E-state index is 12.4. The molecule has 1 saturated heterocycles. The van der Waals surface area contributed by atoms with Gasteiger partial charge in [0.25, 0.3) is 0 Å². The first-order valence-corrected chi connectivity index (χ1v) is 9.73. The molecule has 2 fully saturated rings. The predicted octanol–water partition coefficient (Wildman–Crippen LogP) is 4.68. The number of amides is 1. The Balaban J connectivity index is 1.42. The molecule has 2 aliphatic rings. The third-order valence-corrected chi connectivity index (χ3v) is 5.68. The summed E-state index contributed by atoms with van der Waals surface area (Å²) in [7, 11) is 0. The molecule has 3 rings (SSSR count). The molecule has 0 radical (unpaired) electrons. The van der Waals surface area contributed by atoms with Crippen LogP contribution in [-0.4, -0.2) is 29.9 Å². The van der Waals surface area contributed by atoms with E-state index in [1.165, 1.54) is 42.5 Å². The zero-order valence-electron chi connectivity index (χ0n) is 15.3. The first-order chi connectivity index (χ1) is 11.6. The van der Waals surface area contributed by atoms with Crippen LogP contribution in [0.15, 0.2) is 18.2 Å². The topological polar surface area (TPSA) is 32.3 Å². The van der Waals surface area contributed by atoms with Gasteiger partial charge in [-0.15, -0.1) is 0 Å². The maximum atomic E-state index is 12.4. The zero-order valence-corrected chi connectivity index (χ0v) is 15.3. The molecule has 1 aromatic rings. The summed E-state index contributed by atoms with van der Waals surface area (Å²) in [5, 5.41) is 3.66. The number of hydrogen-bond donors (Lipinski definition) is 1. The van der Waals surface area contributed by atoms with Crippen molar-refractivity contribution in [3.8, 4) is 0 Å². The van der Waals surface area contributed by atoms with Crippen molar-refractivity contribution < 1.29 is 4.79 Å². The van der Waals surface area contributed by atoms with Gasteiger partial charge in [0, 0.05) is 31.2 Å². The number of benzene rings is 1. The van der Waals surface area contributed by atoms with E-state index in [2.05, 4.69) is 42.3 Å². The Hall–Kier alpha value is -1.51. The molecule has 0 aromatic heterocycles. The van der Waals surface area contributed by atoms with Crippen LogP contribution in [0.2, 0.25) is 0 Å². The van der Waals surface area contributed by atoms with Gasteiger partial charge < -0.3 is 10.2 Å². The fraction of sp³-hybridized carbons (Fsp3) is 0.667. The fourth-order valence-corrected chi connectivity index (χ4v) is 4.35. The van der Waals surface area contributed by atoms with Crippen LogP contribution >= 0.6 is 0 Å². The summed E-state index contributed by atoms with van der Waals surface area (Å²) in [6, 6.07) is 7.12. The smallest absolute Gasteiger partial charge is 0.222 e. The first-order valence-electron chi connectivity index (χ1n) is 9.73. The van der Waals surface area contributed by atoms with Gasteiger partial charge in [-0.1, -0.05) is 31.7 Å². The molecule has 0 atom stereocenters. The second kappa shape index (κ2) is 8.04. The second-order valence-electron chi connectivity index (χ2n) is 7.86. The Morgan fingerprint density at radius 1 is 1.04 bits per heavy atom. The van der Waals surface area contributed by atoms with Crippen molar-refractivity contribution in [2.24, 2.45) is 5.92 Å². The molecular formula is C21H32N2O. The highest BCUT2D eigenvalue weighted by Gasteiger charge is 2.24. The minimum absolute atomic E-state index is 0.381. The Labute approximate surface area is 146 Å². The number of aryl methyl sites for hydroxylation is 2. The summed E-state index contributed by atoms with van der Waals surface area (Å²) in [5.74, 6) is 1.20. The number of nitrogens with one attached hydrogen (secondary N) is 1. The summed E-state index contributed by atoms with van der Waals surface area (Å²) in [5.41, 5.74) is 3.83. The Kier molecular flexibility index (Phi) is 5.80. The summed E-state index contributed by atoms with van der Waals surface area (Å²) in [6.07, 6.45) is 9.41. The molecule has 3 heteroatoms. The SMILES string of the molecule is Cc1cc(C)cc(NC2CCN(C(=O)CCC3CCCC3)CC2)c1. The quantitative estimate of drug-likeness (QED) is 0.851. The summed E-state index contributed by atoms with van der Waals surface area (Å²) in [4.78, 5) is 14.5. The van der Waals surface area contributed by atoms with Crippen molar-refractivity contribution in [2.45, 2.75) is 71.3 Å².